The lowest BCUT2D eigenvalue weighted by Gasteiger charge is -2.08. The maximum atomic E-state index is 11.9. The normalized spacial score (nSPS) is 10.6. The van der Waals surface area contributed by atoms with Crippen LogP contribution in [0.1, 0.15) is 33.7 Å². The summed E-state index contributed by atoms with van der Waals surface area (Å²) >= 11 is 0. The molecule has 1 amide bonds. The molecule has 1 aromatic carbocycles. The first-order valence-corrected chi connectivity index (χ1v) is 6.80. The molecule has 21 heavy (non-hydrogen) atoms. The number of aryl methyl sites for hydroxylation is 2. The van der Waals surface area contributed by atoms with Crippen molar-refractivity contribution in [3.63, 3.8) is 0 Å². The predicted molar refractivity (Wildman–Crippen MR) is 78.5 cm³/mol. The Bertz CT molecular complexity index is 610. The summed E-state index contributed by atoms with van der Waals surface area (Å²) in [4.78, 5) is 11.9. The number of H-pyrrole nitrogens is 1. The molecule has 2 rings (SSSR count). The molecule has 1 aromatic heterocycles. The average Bonchev–Trinajstić information content (AvgIpc) is 2.74. The highest BCUT2D eigenvalue weighted by atomic mass is 16.3. The number of aromatic nitrogens is 2. The lowest BCUT2D eigenvalue weighted by Crippen LogP contribution is -2.25. The minimum atomic E-state index is -0.480. The van der Waals surface area contributed by atoms with E-state index in [0.29, 0.717) is 6.54 Å². The van der Waals surface area contributed by atoms with Crippen LogP contribution in [-0.2, 0) is 6.42 Å². The van der Waals surface area contributed by atoms with Crippen molar-refractivity contribution in [3.05, 3.63) is 40.7 Å². The number of hydrogen-bond donors (Lipinski definition) is 4. The zero-order chi connectivity index (χ0) is 15.4. The number of aromatic hydroxyl groups is 2. The van der Waals surface area contributed by atoms with E-state index in [9.17, 15) is 15.0 Å². The monoisotopic (exact) mass is 289 g/mol. The van der Waals surface area contributed by atoms with Gasteiger partial charge in [0.15, 0.2) is 0 Å². The number of nitrogens with one attached hydrogen (secondary N) is 2. The Balaban J connectivity index is 1.88. The minimum absolute atomic E-state index is 0.0897. The Labute approximate surface area is 122 Å². The van der Waals surface area contributed by atoms with E-state index < -0.39 is 5.91 Å². The zero-order valence-electron chi connectivity index (χ0n) is 12.1. The molecule has 0 radical (unpaired) electrons. The lowest BCUT2D eigenvalue weighted by atomic mass is 10.1. The van der Waals surface area contributed by atoms with Crippen molar-refractivity contribution in [2.75, 3.05) is 6.54 Å². The smallest absolute Gasteiger partial charge is 0.258 e. The Morgan fingerprint density at radius 1 is 1.29 bits per heavy atom. The second-order valence-corrected chi connectivity index (χ2v) is 4.94. The average molecular weight is 289 g/mol. The molecule has 4 N–H and O–H groups in total. The predicted octanol–water partition coefficient (Wildman–Crippen LogP) is 1.80. The Hall–Kier alpha value is -2.50. The van der Waals surface area contributed by atoms with E-state index in [-0.39, 0.29) is 17.1 Å². The number of hydrogen-bond acceptors (Lipinski definition) is 4. The summed E-state index contributed by atoms with van der Waals surface area (Å²) < 4.78 is 0. The first-order valence-electron chi connectivity index (χ1n) is 6.80. The van der Waals surface area contributed by atoms with Crippen molar-refractivity contribution >= 4 is 5.91 Å². The van der Waals surface area contributed by atoms with E-state index in [1.54, 1.807) is 0 Å². The molecule has 112 valence electrons. The fourth-order valence-corrected chi connectivity index (χ4v) is 2.26. The molecule has 0 fully saturated rings. The van der Waals surface area contributed by atoms with Gasteiger partial charge in [0.1, 0.15) is 17.1 Å². The SMILES string of the molecule is Cc1n[nH]c(C)c1CCCNC(=O)c1c(O)cccc1O. The van der Waals surface area contributed by atoms with E-state index in [1.807, 2.05) is 13.8 Å². The number of amides is 1. The molecular weight excluding hydrogens is 270 g/mol. The van der Waals surface area contributed by atoms with Crippen LogP contribution in [0.4, 0.5) is 0 Å². The van der Waals surface area contributed by atoms with Gasteiger partial charge in [-0.25, -0.2) is 0 Å². The van der Waals surface area contributed by atoms with Gasteiger partial charge in [0.25, 0.3) is 5.91 Å². The summed E-state index contributed by atoms with van der Waals surface area (Å²) in [5, 5.41) is 29.0. The molecule has 0 spiro atoms. The van der Waals surface area contributed by atoms with E-state index in [4.69, 9.17) is 0 Å². The first-order chi connectivity index (χ1) is 10.0. The van der Waals surface area contributed by atoms with Gasteiger partial charge in [-0.05, 0) is 44.4 Å². The molecule has 2 aromatic rings. The van der Waals surface area contributed by atoms with Crippen LogP contribution in [0.15, 0.2) is 18.2 Å². The molecule has 0 bridgehead atoms. The summed E-state index contributed by atoms with van der Waals surface area (Å²) in [6.07, 6.45) is 1.56. The maximum Gasteiger partial charge on any atom is 0.258 e. The number of phenolic OH excluding ortho intramolecular Hbond substituents is 2. The summed E-state index contributed by atoms with van der Waals surface area (Å²) in [6.45, 7) is 4.36. The van der Waals surface area contributed by atoms with Gasteiger partial charge in [-0.15, -0.1) is 0 Å². The Morgan fingerprint density at radius 2 is 1.95 bits per heavy atom. The third kappa shape index (κ3) is 3.34. The molecule has 1 heterocycles. The van der Waals surface area contributed by atoms with Crippen molar-refractivity contribution in [1.82, 2.24) is 15.5 Å². The molecule has 6 heteroatoms. The van der Waals surface area contributed by atoms with Crippen molar-refractivity contribution in [1.29, 1.82) is 0 Å². The van der Waals surface area contributed by atoms with Gasteiger partial charge in [-0.1, -0.05) is 6.07 Å². The second-order valence-electron chi connectivity index (χ2n) is 4.94. The van der Waals surface area contributed by atoms with Gasteiger partial charge in [-0.3, -0.25) is 9.89 Å². The quantitative estimate of drug-likeness (QED) is 0.631. The summed E-state index contributed by atoms with van der Waals surface area (Å²) in [5.74, 6) is -0.936. The molecule has 0 saturated heterocycles. The minimum Gasteiger partial charge on any atom is -0.507 e. The highest BCUT2D eigenvalue weighted by molar-refractivity contribution is 5.99. The van der Waals surface area contributed by atoms with Crippen molar-refractivity contribution < 1.29 is 15.0 Å². The molecule has 0 aliphatic carbocycles. The van der Waals surface area contributed by atoms with Gasteiger partial charge in [-0.2, -0.15) is 5.10 Å². The van der Waals surface area contributed by atoms with Gasteiger partial charge in [0.05, 0.1) is 5.69 Å². The first kappa shape index (κ1) is 14.9. The fraction of sp³-hybridized carbons (Fsp3) is 0.333. The van der Waals surface area contributed by atoms with Crippen molar-refractivity contribution in [2.45, 2.75) is 26.7 Å². The molecule has 6 nitrogen and oxygen atoms in total. The van der Waals surface area contributed by atoms with Crippen LogP contribution in [-0.4, -0.2) is 32.9 Å². The van der Waals surface area contributed by atoms with Gasteiger partial charge < -0.3 is 15.5 Å². The van der Waals surface area contributed by atoms with E-state index in [1.165, 1.54) is 18.2 Å². The van der Waals surface area contributed by atoms with Crippen LogP contribution < -0.4 is 5.32 Å². The summed E-state index contributed by atoms with van der Waals surface area (Å²) in [6, 6.07) is 4.21. The lowest BCUT2D eigenvalue weighted by molar-refractivity contribution is 0.0948. The van der Waals surface area contributed by atoms with Crippen LogP contribution >= 0.6 is 0 Å². The van der Waals surface area contributed by atoms with E-state index >= 15 is 0 Å². The standard InChI is InChI=1S/C15H19N3O3/c1-9-11(10(2)18-17-9)5-4-8-16-15(21)14-12(19)6-3-7-13(14)20/h3,6-7,19-20H,4-5,8H2,1-2H3,(H,16,21)(H,17,18). The van der Waals surface area contributed by atoms with Gasteiger partial charge in [0.2, 0.25) is 0 Å². The number of aromatic amines is 1. The maximum absolute atomic E-state index is 11.9. The Kier molecular flexibility index (Phi) is 4.47. The van der Waals surface area contributed by atoms with Crippen molar-refractivity contribution in [3.8, 4) is 11.5 Å². The molecular formula is C15H19N3O3. The van der Waals surface area contributed by atoms with Gasteiger partial charge in [0, 0.05) is 12.2 Å². The zero-order valence-corrected chi connectivity index (χ0v) is 12.1. The van der Waals surface area contributed by atoms with Crippen molar-refractivity contribution in [2.24, 2.45) is 0 Å². The highest BCUT2D eigenvalue weighted by Gasteiger charge is 2.15. The number of benzene rings is 1. The highest BCUT2D eigenvalue weighted by Crippen LogP contribution is 2.25. The molecule has 0 unspecified atom stereocenters. The van der Waals surface area contributed by atoms with Gasteiger partial charge >= 0.3 is 0 Å². The summed E-state index contributed by atoms with van der Waals surface area (Å²) in [5.41, 5.74) is 3.08. The molecule has 0 atom stereocenters. The van der Waals surface area contributed by atoms with Crippen LogP contribution in [0.3, 0.4) is 0 Å². The van der Waals surface area contributed by atoms with E-state index in [0.717, 1.165) is 29.8 Å². The molecule has 0 aliphatic heterocycles. The number of phenols is 2. The largest absolute Gasteiger partial charge is 0.507 e. The molecule has 0 aliphatic rings. The summed E-state index contributed by atoms with van der Waals surface area (Å²) in [7, 11) is 0. The van der Waals surface area contributed by atoms with Crippen LogP contribution in [0.2, 0.25) is 0 Å². The topological polar surface area (TPSA) is 98.2 Å². The number of nitrogens with zero attached hydrogens (tertiary/aromatic N) is 1. The third-order valence-corrected chi connectivity index (χ3v) is 3.42. The van der Waals surface area contributed by atoms with E-state index in [2.05, 4.69) is 15.5 Å². The van der Waals surface area contributed by atoms with Crippen LogP contribution in [0.25, 0.3) is 0 Å². The second kappa shape index (κ2) is 6.30. The molecule has 0 saturated carbocycles. The number of rotatable bonds is 5. The van der Waals surface area contributed by atoms with Crippen LogP contribution in [0, 0.1) is 13.8 Å². The Morgan fingerprint density at radius 3 is 2.52 bits per heavy atom. The fourth-order valence-electron chi connectivity index (χ4n) is 2.26. The van der Waals surface area contributed by atoms with Crippen LogP contribution in [0.5, 0.6) is 11.5 Å². The third-order valence-electron chi connectivity index (χ3n) is 3.42. The number of carbonyl (C=O) groups excluding carboxylic acids is 1. The number of carbonyl (C=O) groups is 1.